The van der Waals surface area contributed by atoms with Gasteiger partial charge in [-0.25, -0.2) is 0 Å². The van der Waals surface area contributed by atoms with Crippen LogP contribution in [0.1, 0.15) is 0 Å². The molecule has 122 valence electrons. The molecule has 8 heteroatoms. The summed E-state index contributed by atoms with van der Waals surface area (Å²) in [4.78, 5) is 11.9. The van der Waals surface area contributed by atoms with E-state index in [4.69, 9.17) is 16.0 Å². The zero-order chi connectivity index (χ0) is 16.9. The van der Waals surface area contributed by atoms with Crippen molar-refractivity contribution in [1.29, 1.82) is 0 Å². The standard InChI is InChI=1S/C16H11BrClN3O2S/c17-11-3-7-13(8-4-11)19-14(22)9-24-16-21-20-15(23-16)10-1-5-12(18)6-2-10/h1-8H,9H2,(H,19,22). The summed E-state index contributed by atoms with van der Waals surface area (Å²) in [5.41, 5.74) is 1.51. The molecule has 0 saturated heterocycles. The van der Waals surface area contributed by atoms with Crippen LogP contribution in [0, 0.1) is 0 Å². The molecule has 1 heterocycles. The second-order valence-corrected chi connectivity index (χ2v) is 7.00. The minimum absolute atomic E-state index is 0.145. The van der Waals surface area contributed by atoms with Gasteiger partial charge in [0, 0.05) is 20.7 Å². The zero-order valence-corrected chi connectivity index (χ0v) is 15.4. The Labute approximate surface area is 155 Å². The van der Waals surface area contributed by atoms with E-state index in [-0.39, 0.29) is 11.7 Å². The summed E-state index contributed by atoms with van der Waals surface area (Å²) in [6.45, 7) is 0. The monoisotopic (exact) mass is 423 g/mol. The summed E-state index contributed by atoms with van der Waals surface area (Å²) in [6.07, 6.45) is 0. The predicted molar refractivity (Wildman–Crippen MR) is 98.2 cm³/mol. The van der Waals surface area contributed by atoms with Crippen molar-refractivity contribution >= 4 is 50.9 Å². The second-order valence-electron chi connectivity index (χ2n) is 4.72. The van der Waals surface area contributed by atoms with E-state index in [0.29, 0.717) is 16.1 Å². The number of hydrogen-bond acceptors (Lipinski definition) is 5. The number of nitrogens with zero attached hydrogens (tertiary/aromatic N) is 2. The maximum absolute atomic E-state index is 11.9. The Hall–Kier alpha value is -1.83. The zero-order valence-electron chi connectivity index (χ0n) is 12.2. The molecule has 0 saturated carbocycles. The van der Waals surface area contributed by atoms with Gasteiger partial charge >= 0.3 is 0 Å². The molecule has 0 aliphatic carbocycles. The number of hydrogen-bond donors (Lipinski definition) is 1. The molecule has 2 aromatic carbocycles. The van der Waals surface area contributed by atoms with Crippen LogP contribution in [0.4, 0.5) is 5.69 Å². The third-order valence-corrected chi connectivity index (χ3v) is 4.55. The highest BCUT2D eigenvalue weighted by Gasteiger charge is 2.11. The Morgan fingerprint density at radius 1 is 1.12 bits per heavy atom. The van der Waals surface area contributed by atoms with Crippen LogP contribution in [0.25, 0.3) is 11.5 Å². The van der Waals surface area contributed by atoms with Gasteiger partial charge in [0.2, 0.25) is 11.8 Å². The molecule has 5 nitrogen and oxygen atoms in total. The van der Waals surface area contributed by atoms with Crippen LogP contribution in [0.15, 0.2) is 62.6 Å². The largest absolute Gasteiger partial charge is 0.411 e. The smallest absolute Gasteiger partial charge is 0.277 e. The third kappa shape index (κ3) is 4.59. The lowest BCUT2D eigenvalue weighted by atomic mass is 10.2. The fourth-order valence-corrected chi connectivity index (χ4v) is 2.79. The van der Waals surface area contributed by atoms with E-state index >= 15 is 0 Å². The molecule has 0 fully saturated rings. The summed E-state index contributed by atoms with van der Waals surface area (Å²) in [5.74, 6) is 0.425. The molecule has 0 unspecified atom stereocenters. The van der Waals surface area contributed by atoms with Crippen LogP contribution in [0.5, 0.6) is 0 Å². The van der Waals surface area contributed by atoms with Crippen molar-refractivity contribution in [2.45, 2.75) is 5.22 Å². The highest BCUT2D eigenvalue weighted by Crippen LogP contribution is 2.24. The summed E-state index contributed by atoms with van der Waals surface area (Å²) in [7, 11) is 0. The van der Waals surface area contributed by atoms with E-state index in [9.17, 15) is 4.79 Å². The third-order valence-electron chi connectivity index (χ3n) is 2.95. The lowest BCUT2D eigenvalue weighted by molar-refractivity contribution is -0.113. The summed E-state index contributed by atoms with van der Waals surface area (Å²) in [5, 5.41) is 11.7. The van der Waals surface area contributed by atoms with Crippen molar-refractivity contribution in [2.24, 2.45) is 0 Å². The molecule has 1 amide bonds. The first-order chi connectivity index (χ1) is 11.6. The van der Waals surface area contributed by atoms with Crippen LogP contribution in [-0.4, -0.2) is 21.9 Å². The Morgan fingerprint density at radius 3 is 2.54 bits per heavy atom. The maximum atomic E-state index is 11.9. The Morgan fingerprint density at radius 2 is 1.83 bits per heavy atom. The number of thioether (sulfide) groups is 1. The summed E-state index contributed by atoms with van der Waals surface area (Å²) < 4.78 is 6.49. The van der Waals surface area contributed by atoms with Gasteiger partial charge in [-0.3, -0.25) is 4.79 Å². The summed E-state index contributed by atoms with van der Waals surface area (Å²) >= 11 is 10.4. The molecular weight excluding hydrogens is 414 g/mol. The molecule has 0 aliphatic heterocycles. The number of rotatable bonds is 5. The van der Waals surface area contributed by atoms with Gasteiger partial charge in [0.05, 0.1) is 5.75 Å². The van der Waals surface area contributed by atoms with Crippen molar-refractivity contribution < 1.29 is 9.21 Å². The highest BCUT2D eigenvalue weighted by atomic mass is 79.9. The van der Waals surface area contributed by atoms with Crippen LogP contribution in [-0.2, 0) is 4.79 Å². The van der Waals surface area contributed by atoms with Gasteiger partial charge in [0.15, 0.2) is 0 Å². The number of amides is 1. The quantitative estimate of drug-likeness (QED) is 0.591. The second kappa shape index (κ2) is 7.83. The Kier molecular flexibility index (Phi) is 5.55. The molecule has 3 rings (SSSR count). The molecule has 0 bridgehead atoms. The van der Waals surface area contributed by atoms with E-state index in [2.05, 4.69) is 31.4 Å². The molecule has 24 heavy (non-hydrogen) atoms. The Balaban J connectivity index is 1.56. The minimum atomic E-state index is -0.145. The fraction of sp³-hybridized carbons (Fsp3) is 0.0625. The van der Waals surface area contributed by atoms with E-state index in [1.54, 1.807) is 24.3 Å². The molecule has 0 radical (unpaired) electrons. The predicted octanol–water partition coefficient (Wildman–Crippen LogP) is 4.88. The number of carbonyl (C=O) groups excluding carboxylic acids is 1. The maximum Gasteiger partial charge on any atom is 0.277 e. The molecule has 0 spiro atoms. The van der Waals surface area contributed by atoms with Crippen molar-refractivity contribution in [3.63, 3.8) is 0 Å². The number of carbonyl (C=O) groups is 1. The van der Waals surface area contributed by atoms with Gasteiger partial charge in [-0.2, -0.15) is 0 Å². The first kappa shape index (κ1) is 17.0. The van der Waals surface area contributed by atoms with Crippen LogP contribution < -0.4 is 5.32 Å². The van der Waals surface area contributed by atoms with Gasteiger partial charge in [-0.05, 0) is 48.5 Å². The average Bonchev–Trinajstić information content (AvgIpc) is 3.05. The SMILES string of the molecule is O=C(CSc1nnc(-c2ccc(Cl)cc2)o1)Nc1ccc(Br)cc1. The lowest BCUT2D eigenvalue weighted by Gasteiger charge is -2.03. The Bertz CT molecular complexity index is 837. The number of halogens is 2. The van der Waals surface area contributed by atoms with E-state index in [0.717, 1.165) is 15.7 Å². The van der Waals surface area contributed by atoms with E-state index in [1.165, 1.54) is 11.8 Å². The van der Waals surface area contributed by atoms with Crippen molar-refractivity contribution in [2.75, 3.05) is 11.1 Å². The van der Waals surface area contributed by atoms with Gasteiger partial charge in [-0.15, -0.1) is 10.2 Å². The first-order valence-electron chi connectivity index (χ1n) is 6.88. The number of aromatic nitrogens is 2. The molecule has 0 aliphatic rings. The van der Waals surface area contributed by atoms with E-state index < -0.39 is 0 Å². The van der Waals surface area contributed by atoms with Gasteiger partial charge in [-0.1, -0.05) is 39.3 Å². The molecule has 1 N–H and O–H groups in total. The van der Waals surface area contributed by atoms with Gasteiger partial charge in [0.25, 0.3) is 5.22 Å². The minimum Gasteiger partial charge on any atom is -0.411 e. The average molecular weight is 425 g/mol. The topological polar surface area (TPSA) is 68.0 Å². The normalized spacial score (nSPS) is 10.6. The first-order valence-corrected chi connectivity index (χ1v) is 9.03. The van der Waals surface area contributed by atoms with Gasteiger partial charge < -0.3 is 9.73 Å². The number of anilines is 1. The number of benzene rings is 2. The van der Waals surface area contributed by atoms with Crippen LogP contribution >= 0.6 is 39.3 Å². The molecular formula is C16H11BrClN3O2S. The molecule has 3 aromatic rings. The van der Waals surface area contributed by atoms with Gasteiger partial charge in [0.1, 0.15) is 0 Å². The van der Waals surface area contributed by atoms with E-state index in [1.807, 2.05) is 24.3 Å². The van der Waals surface area contributed by atoms with Crippen molar-refractivity contribution in [3.8, 4) is 11.5 Å². The highest BCUT2D eigenvalue weighted by molar-refractivity contribution is 9.10. The lowest BCUT2D eigenvalue weighted by Crippen LogP contribution is -2.13. The van der Waals surface area contributed by atoms with Crippen molar-refractivity contribution in [1.82, 2.24) is 10.2 Å². The van der Waals surface area contributed by atoms with Crippen molar-refractivity contribution in [3.05, 3.63) is 58.0 Å². The summed E-state index contributed by atoms with van der Waals surface area (Å²) in [6, 6.07) is 14.4. The van der Waals surface area contributed by atoms with Crippen LogP contribution in [0.3, 0.4) is 0 Å². The van der Waals surface area contributed by atoms with Crippen LogP contribution in [0.2, 0.25) is 5.02 Å². The molecule has 0 atom stereocenters. The molecule has 1 aromatic heterocycles. The fourth-order valence-electron chi connectivity index (χ4n) is 1.83. The number of nitrogens with one attached hydrogen (secondary N) is 1.